The highest BCUT2D eigenvalue weighted by Crippen LogP contribution is 2.66. The van der Waals surface area contributed by atoms with Gasteiger partial charge in [-0.2, -0.15) is 0 Å². The van der Waals surface area contributed by atoms with E-state index < -0.39 is 6.46 Å². The normalized spacial score (nSPS) is 16.1. The Kier molecular flexibility index (Phi) is 4.58. The number of thioether (sulfide) groups is 1. The molecule has 0 aliphatic carbocycles. The largest absolute Gasteiger partial charge is 0.555 e. The van der Waals surface area contributed by atoms with Crippen molar-refractivity contribution in [2.45, 2.75) is 30.8 Å². The Bertz CT molecular complexity index is 301. The molecule has 3 heteroatoms. The molecular formula is C12H19PS2. The van der Waals surface area contributed by atoms with E-state index >= 15 is 0 Å². The Labute approximate surface area is 104 Å². The maximum Gasteiger partial charge on any atom is 0.0893 e. The Morgan fingerprint density at radius 2 is 1.73 bits per heavy atom. The fourth-order valence-electron chi connectivity index (χ4n) is 0.908. The van der Waals surface area contributed by atoms with E-state index in [1.807, 2.05) is 11.8 Å². The minimum atomic E-state index is -1.25. The minimum absolute atomic E-state index is 0.282. The molecule has 15 heavy (non-hydrogen) atoms. The van der Waals surface area contributed by atoms with Gasteiger partial charge in [0.2, 0.25) is 0 Å². The molecule has 0 aromatic heterocycles. The zero-order valence-electron chi connectivity index (χ0n) is 9.86. The quantitative estimate of drug-likeness (QED) is 0.440. The summed E-state index contributed by atoms with van der Waals surface area (Å²) < 4.78 is 0. The molecule has 0 N–H and O–H groups in total. The Morgan fingerprint density at radius 1 is 1.20 bits per heavy atom. The third-order valence-corrected chi connectivity index (χ3v) is 11.2. The van der Waals surface area contributed by atoms with Crippen molar-refractivity contribution in [2.75, 3.05) is 12.2 Å². The molecule has 0 aliphatic heterocycles. The molecule has 1 atom stereocenters. The molecule has 0 nitrogen and oxygen atoms in total. The Hall–Kier alpha value is 0.350. The first-order valence-electron chi connectivity index (χ1n) is 5.07. The Morgan fingerprint density at radius 3 is 2.20 bits per heavy atom. The molecule has 0 aliphatic rings. The lowest BCUT2D eigenvalue weighted by Gasteiger charge is -2.40. The molecule has 0 radical (unpaired) electrons. The number of rotatable bonds is 3. The SMILES string of the molecule is CC(C)(C)[P+](C)([S-])CSc1ccccc1. The fourth-order valence-corrected chi connectivity index (χ4v) is 4.86. The summed E-state index contributed by atoms with van der Waals surface area (Å²) >= 11 is 7.67. The second kappa shape index (κ2) is 5.12. The molecule has 0 amide bonds. The standard InChI is InChI=1S/C12H19PS2/c1-12(2,3)13(4,14)10-15-11-8-6-5-7-9-11/h5-9H,10H2,1-4H3. The van der Waals surface area contributed by atoms with Gasteiger partial charge in [-0.25, -0.2) is 0 Å². The average molecular weight is 258 g/mol. The van der Waals surface area contributed by atoms with E-state index in [1.54, 1.807) is 0 Å². The van der Waals surface area contributed by atoms with Crippen molar-refractivity contribution in [1.29, 1.82) is 0 Å². The summed E-state index contributed by atoms with van der Waals surface area (Å²) in [5, 5.41) is 0.282. The van der Waals surface area contributed by atoms with Gasteiger partial charge in [-0.1, -0.05) is 36.4 Å². The topological polar surface area (TPSA) is 0 Å². The van der Waals surface area contributed by atoms with Crippen molar-refractivity contribution >= 4 is 30.5 Å². The highest BCUT2D eigenvalue weighted by molar-refractivity contribution is 8.45. The van der Waals surface area contributed by atoms with Gasteiger partial charge in [0, 0.05) is 11.6 Å². The monoisotopic (exact) mass is 258 g/mol. The highest BCUT2D eigenvalue weighted by Gasteiger charge is 2.32. The molecule has 1 rings (SSSR count). The zero-order chi connectivity index (χ0) is 11.5. The van der Waals surface area contributed by atoms with Crippen LogP contribution in [0.25, 0.3) is 0 Å². The van der Waals surface area contributed by atoms with Gasteiger partial charge in [0.05, 0.1) is 10.7 Å². The van der Waals surface area contributed by atoms with E-state index in [0.29, 0.717) is 0 Å². The van der Waals surface area contributed by atoms with E-state index in [2.05, 4.69) is 57.8 Å². The Balaban J connectivity index is 2.58. The van der Waals surface area contributed by atoms with Crippen molar-refractivity contribution < 1.29 is 0 Å². The second-order valence-electron chi connectivity index (χ2n) is 4.86. The molecule has 84 valence electrons. The summed E-state index contributed by atoms with van der Waals surface area (Å²) in [7, 11) is 0. The molecule has 1 aromatic rings. The summed E-state index contributed by atoms with van der Waals surface area (Å²) in [6.07, 6.45) is 0. The van der Waals surface area contributed by atoms with Gasteiger partial charge in [-0.05, 0) is 32.9 Å². The number of hydrogen-bond acceptors (Lipinski definition) is 2. The van der Waals surface area contributed by atoms with Crippen molar-refractivity contribution in [3.8, 4) is 0 Å². The molecule has 0 heterocycles. The van der Waals surface area contributed by atoms with E-state index in [0.717, 1.165) is 5.49 Å². The van der Waals surface area contributed by atoms with Crippen molar-refractivity contribution in [1.82, 2.24) is 0 Å². The van der Waals surface area contributed by atoms with Crippen molar-refractivity contribution in [3.05, 3.63) is 30.3 Å². The minimum Gasteiger partial charge on any atom is -0.555 e. The lowest BCUT2D eigenvalue weighted by molar-refractivity contribution is 0.785. The van der Waals surface area contributed by atoms with Crippen LogP contribution >= 0.6 is 18.2 Å². The molecule has 0 bridgehead atoms. The van der Waals surface area contributed by atoms with Crippen LogP contribution in [0.15, 0.2) is 35.2 Å². The summed E-state index contributed by atoms with van der Waals surface area (Å²) in [4.78, 5) is 1.33. The van der Waals surface area contributed by atoms with E-state index in [1.165, 1.54) is 4.90 Å². The molecule has 0 saturated heterocycles. The maximum atomic E-state index is 5.77. The van der Waals surface area contributed by atoms with Crippen LogP contribution in [0.1, 0.15) is 20.8 Å². The van der Waals surface area contributed by atoms with E-state index in [4.69, 9.17) is 12.2 Å². The van der Waals surface area contributed by atoms with Crippen molar-refractivity contribution in [2.24, 2.45) is 0 Å². The summed E-state index contributed by atoms with van der Waals surface area (Å²) in [5.41, 5.74) is 1.09. The van der Waals surface area contributed by atoms with E-state index in [9.17, 15) is 0 Å². The van der Waals surface area contributed by atoms with Crippen LogP contribution in [-0.2, 0) is 12.2 Å². The molecule has 1 unspecified atom stereocenters. The van der Waals surface area contributed by atoms with E-state index in [-0.39, 0.29) is 5.16 Å². The van der Waals surface area contributed by atoms with Crippen LogP contribution in [0, 0.1) is 0 Å². The van der Waals surface area contributed by atoms with Crippen LogP contribution in [0.2, 0.25) is 0 Å². The first-order valence-corrected chi connectivity index (χ1v) is 9.49. The summed E-state index contributed by atoms with van der Waals surface area (Å²) in [6.45, 7) is 7.82. The van der Waals surface area contributed by atoms with Gasteiger partial charge >= 0.3 is 0 Å². The second-order valence-corrected chi connectivity index (χ2v) is 12.6. The molecular weight excluding hydrogens is 239 g/mol. The fraction of sp³-hybridized carbons (Fsp3) is 0.500. The highest BCUT2D eigenvalue weighted by atomic mass is 32.7. The number of hydrogen-bond donors (Lipinski definition) is 0. The summed E-state index contributed by atoms with van der Waals surface area (Å²) in [6, 6.07) is 10.5. The van der Waals surface area contributed by atoms with Gasteiger partial charge < -0.3 is 12.2 Å². The molecule has 0 fully saturated rings. The van der Waals surface area contributed by atoms with Crippen LogP contribution in [-0.4, -0.2) is 17.3 Å². The number of benzene rings is 1. The molecule has 1 aromatic carbocycles. The van der Waals surface area contributed by atoms with Gasteiger partial charge in [0.1, 0.15) is 0 Å². The first kappa shape index (κ1) is 13.4. The smallest absolute Gasteiger partial charge is 0.0893 e. The van der Waals surface area contributed by atoms with Crippen LogP contribution in [0.4, 0.5) is 0 Å². The lowest BCUT2D eigenvalue weighted by atomic mass is 10.3. The average Bonchev–Trinajstić information content (AvgIpc) is 2.15. The summed E-state index contributed by atoms with van der Waals surface area (Å²) in [5.74, 6) is 0. The molecule has 0 saturated carbocycles. The predicted molar refractivity (Wildman–Crippen MR) is 77.1 cm³/mol. The van der Waals surface area contributed by atoms with Gasteiger partial charge in [0.15, 0.2) is 0 Å². The zero-order valence-corrected chi connectivity index (χ0v) is 12.4. The predicted octanol–water partition coefficient (Wildman–Crippen LogP) is 4.64. The van der Waals surface area contributed by atoms with Crippen LogP contribution in [0.3, 0.4) is 0 Å². The third-order valence-electron chi connectivity index (χ3n) is 2.64. The van der Waals surface area contributed by atoms with Gasteiger partial charge in [-0.3, -0.25) is 0 Å². The van der Waals surface area contributed by atoms with Crippen LogP contribution in [0.5, 0.6) is 0 Å². The van der Waals surface area contributed by atoms with Crippen LogP contribution < -0.4 is 0 Å². The van der Waals surface area contributed by atoms with Gasteiger partial charge in [-0.15, -0.1) is 0 Å². The third kappa shape index (κ3) is 4.01. The molecule has 0 spiro atoms. The maximum absolute atomic E-state index is 5.77. The van der Waals surface area contributed by atoms with Gasteiger partial charge in [0.25, 0.3) is 0 Å². The lowest BCUT2D eigenvalue weighted by Crippen LogP contribution is -2.19. The first-order chi connectivity index (χ1) is 6.83. The van der Waals surface area contributed by atoms with Crippen molar-refractivity contribution in [3.63, 3.8) is 0 Å².